The maximum atomic E-state index is 6.25. The van der Waals surface area contributed by atoms with Gasteiger partial charge in [0.2, 0.25) is 0 Å². The van der Waals surface area contributed by atoms with E-state index in [9.17, 15) is 0 Å². The maximum absolute atomic E-state index is 6.25. The Hall–Kier alpha value is -2.52. The number of aryl methyl sites for hydroxylation is 4. The highest BCUT2D eigenvalue weighted by atomic mass is 35.5. The van der Waals surface area contributed by atoms with Gasteiger partial charge in [-0.05, 0) is 69.7 Å². The van der Waals surface area contributed by atoms with E-state index in [4.69, 9.17) is 16.6 Å². The van der Waals surface area contributed by atoms with Crippen LogP contribution < -0.4 is 4.90 Å². The van der Waals surface area contributed by atoms with Crippen molar-refractivity contribution in [3.05, 3.63) is 64.8 Å². The van der Waals surface area contributed by atoms with Gasteiger partial charge in [0.15, 0.2) is 0 Å². The fourth-order valence-electron chi connectivity index (χ4n) is 5.08. The van der Waals surface area contributed by atoms with Crippen molar-refractivity contribution in [2.45, 2.75) is 40.5 Å². The van der Waals surface area contributed by atoms with Gasteiger partial charge in [-0.15, -0.1) is 11.6 Å². The van der Waals surface area contributed by atoms with E-state index in [2.05, 4.69) is 79.6 Å². The minimum atomic E-state index is 0.629. The van der Waals surface area contributed by atoms with E-state index >= 15 is 0 Å². The summed E-state index contributed by atoms with van der Waals surface area (Å²) in [5.74, 6) is 1.42. The van der Waals surface area contributed by atoms with Crippen LogP contribution in [0.4, 0.5) is 5.69 Å². The van der Waals surface area contributed by atoms with Crippen molar-refractivity contribution in [1.29, 1.82) is 0 Å². The van der Waals surface area contributed by atoms with Crippen molar-refractivity contribution in [2.75, 3.05) is 23.9 Å². The predicted octanol–water partition coefficient (Wildman–Crippen LogP) is 6.87. The summed E-state index contributed by atoms with van der Waals surface area (Å²) in [6, 6.07) is 15.5. The third-order valence-electron chi connectivity index (χ3n) is 6.46. The molecule has 5 rings (SSSR count). The number of hydrogen-bond acceptors (Lipinski definition) is 2. The van der Waals surface area contributed by atoms with Crippen LogP contribution in [0.25, 0.3) is 27.6 Å². The molecule has 0 bridgehead atoms. The molecule has 2 heterocycles. The first-order chi connectivity index (χ1) is 15.0. The summed E-state index contributed by atoms with van der Waals surface area (Å²) in [5.41, 5.74) is 9.66. The molecule has 0 radical (unpaired) electrons. The van der Waals surface area contributed by atoms with Gasteiger partial charge >= 0.3 is 0 Å². The minimum Gasteiger partial charge on any atom is -0.369 e. The van der Waals surface area contributed by atoms with Gasteiger partial charge in [0.25, 0.3) is 0 Å². The maximum Gasteiger partial charge on any atom is 0.147 e. The molecule has 0 N–H and O–H groups in total. The zero-order valence-corrected chi connectivity index (χ0v) is 19.6. The first-order valence-electron chi connectivity index (χ1n) is 11.3. The van der Waals surface area contributed by atoms with Crippen LogP contribution in [-0.2, 0) is 0 Å². The van der Waals surface area contributed by atoms with Gasteiger partial charge in [-0.25, -0.2) is 4.98 Å². The Labute approximate surface area is 189 Å². The SMILES string of the molecule is Cc1cc(C)c(-n2c3ccccc3c3c(N(CCCl)CC4CC4)cc(C)nc32)c(C)c1. The summed E-state index contributed by atoms with van der Waals surface area (Å²) >= 11 is 6.25. The lowest BCUT2D eigenvalue weighted by Crippen LogP contribution is -2.28. The lowest BCUT2D eigenvalue weighted by atomic mass is 10.0. The molecule has 4 aromatic rings. The van der Waals surface area contributed by atoms with Crippen LogP contribution in [0.2, 0.25) is 0 Å². The van der Waals surface area contributed by atoms with Crippen molar-refractivity contribution >= 4 is 39.2 Å². The average molecular weight is 432 g/mol. The number of hydrogen-bond donors (Lipinski definition) is 0. The van der Waals surface area contributed by atoms with Gasteiger partial charge in [-0.2, -0.15) is 0 Å². The molecule has 160 valence electrons. The van der Waals surface area contributed by atoms with E-state index in [1.165, 1.54) is 57.2 Å². The fraction of sp³-hybridized carbons (Fsp3) is 0.370. The molecule has 1 aliphatic rings. The molecule has 2 aromatic carbocycles. The van der Waals surface area contributed by atoms with Gasteiger partial charge in [0.05, 0.1) is 22.3 Å². The summed E-state index contributed by atoms with van der Waals surface area (Å²) < 4.78 is 2.38. The highest BCUT2D eigenvalue weighted by molar-refractivity contribution is 6.18. The third-order valence-corrected chi connectivity index (χ3v) is 6.63. The number of aromatic nitrogens is 2. The normalized spacial score (nSPS) is 14.0. The minimum absolute atomic E-state index is 0.629. The monoisotopic (exact) mass is 431 g/mol. The lowest BCUT2D eigenvalue weighted by Gasteiger charge is -2.25. The fourth-order valence-corrected chi connectivity index (χ4v) is 5.28. The second-order valence-corrected chi connectivity index (χ2v) is 9.54. The van der Waals surface area contributed by atoms with E-state index in [1.807, 2.05) is 0 Å². The van der Waals surface area contributed by atoms with E-state index in [1.54, 1.807) is 0 Å². The van der Waals surface area contributed by atoms with Crippen LogP contribution in [-0.4, -0.2) is 28.5 Å². The summed E-state index contributed by atoms with van der Waals surface area (Å²) in [7, 11) is 0. The van der Waals surface area contributed by atoms with E-state index in [0.29, 0.717) is 5.88 Å². The molecule has 0 amide bonds. The van der Waals surface area contributed by atoms with Crippen LogP contribution in [0.15, 0.2) is 42.5 Å². The Bertz CT molecular complexity index is 1260. The first kappa shape index (κ1) is 20.4. The molecule has 3 nitrogen and oxygen atoms in total. The summed E-state index contributed by atoms with van der Waals surface area (Å²) in [4.78, 5) is 7.59. The molecular weight excluding hydrogens is 402 g/mol. The van der Waals surface area contributed by atoms with Crippen LogP contribution in [0.1, 0.15) is 35.2 Å². The molecule has 0 aliphatic heterocycles. The Balaban J connectivity index is 1.87. The van der Waals surface area contributed by atoms with Crippen LogP contribution in [0, 0.1) is 33.6 Å². The molecule has 0 saturated heterocycles. The van der Waals surface area contributed by atoms with Crippen molar-refractivity contribution in [1.82, 2.24) is 9.55 Å². The van der Waals surface area contributed by atoms with Crippen LogP contribution in [0.5, 0.6) is 0 Å². The van der Waals surface area contributed by atoms with Crippen LogP contribution >= 0.6 is 11.6 Å². The van der Waals surface area contributed by atoms with Crippen molar-refractivity contribution in [3.63, 3.8) is 0 Å². The number of nitrogens with zero attached hydrogens (tertiary/aromatic N) is 3. The molecule has 0 atom stereocenters. The number of benzene rings is 2. The van der Waals surface area contributed by atoms with Gasteiger partial charge in [0.1, 0.15) is 5.65 Å². The third kappa shape index (κ3) is 3.59. The molecule has 31 heavy (non-hydrogen) atoms. The average Bonchev–Trinajstić information content (AvgIpc) is 3.48. The summed E-state index contributed by atoms with van der Waals surface area (Å²) in [6.07, 6.45) is 2.66. The van der Waals surface area contributed by atoms with Gasteiger partial charge in [0, 0.05) is 30.0 Å². The predicted molar refractivity (Wildman–Crippen MR) is 133 cm³/mol. The van der Waals surface area contributed by atoms with E-state index in [0.717, 1.165) is 30.3 Å². The van der Waals surface area contributed by atoms with Crippen molar-refractivity contribution < 1.29 is 0 Å². The number of anilines is 1. The Kier molecular flexibility index (Phi) is 5.18. The van der Waals surface area contributed by atoms with Crippen molar-refractivity contribution in [3.8, 4) is 5.69 Å². The molecule has 1 fully saturated rings. The molecular formula is C27H30ClN3. The second-order valence-electron chi connectivity index (χ2n) is 9.16. The van der Waals surface area contributed by atoms with Gasteiger partial charge in [-0.1, -0.05) is 35.9 Å². The zero-order chi connectivity index (χ0) is 21.7. The highest BCUT2D eigenvalue weighted by Gasteiger charge is 2.27. The summed E-state index contributed by atoms with van der Waals surface area (Å²) in [6.45, 7) is 10.6. The van der Waals surface area contributed by atoms with E-state index < -0.39 is 0 Å². The lowest BCUT2D eigenvalue weighted by molar-refractivity contribution is 0.745. The number of halogens is 1. The quantitative estimate of drug-likeness (QED) is 0.310. The first-order valence-corrected chi connectivity index (χ1v) is 11.8. The number of fused-ring (bicyclic) bond motifs is 3. The number of para-hydroxylation sites is 1. The molecule has 1 aliphatic carbocycles. The zero-order valence-electron chi connectivity index (χ0n) is 18.9. The topological polar surface area (TPSA) is 21.1 Å². The Morgan fingerprint density at radius 1 is 1.03 bits per heavy atom. The smallest absolute Gasteiger partial charge is 0.147 e. The number of alkyl halides is 1. The second kappa shape index (κ2) is 7.87. The van der Waals surface area contributed by atoms with Gasteiger partial charge < -0.3 is 4.90 Å². The van der Waals surface area contributed by atoms with Crippen molar-refractivity contribution in [2.24, 2.45) is 5.92 Å². The molecule has 0 unspecified atom stereocenters. The Morgan fingerprint density at radius 2 is 1.74 bits per heavy atom. The number of rotatable bonds is 6. The molecule has 4 heteroatoms. The van der Waals surface area contributed by atoms with E-state index in [-0.39, 0.29) is 0 Å². The highest BCUT2D eigenvalue weighted by Crippen LogP contribution is 2.40. The Morgan fingerprint density at radius 3 is 2.42 bits per heavy atom. The number of pyridine rings is 1. The molecule has 0 spiro atoms. The molecule has 1 saturated carbocycles. The molecule has 2 aromatic heterocycles. The van der Waals surface area contributed by atoms with Crippen LogP contribution in [0.3, 0.4) is 0 Å². The largest absolute Gasteiger partial charge is 0.369 e. The summed E-state index contributed by atoms with van der Waals surface area (Å²) in [5, 5.41) is 2.50. The standard InChI is InChI=1S/C27H30ClN3/c1-17-13-18(2)26(19(3)14-17)31-23-8-6-5-7-22(23)25-24(15-20(4)29-27(25)31)30(12-11-28)16-21-9-10-21/h5-8,13-15,21H,9-12,16H2,1-4H3. The van der Waals surface area contributed by atoms with Gasteiger partial charge in [-0.3, -0.25) is 4.57 Å².